The Morgan fingerprint density at radius 1 is 1.46 bits per heavy atom. The third-order valence-corrected chi connectivity index (χ3v) is 1.74. The molecule has 0 aliphatic carbocycles. The van der Waals surface area contributed by atoms with E-state index in [0.29, 0.717) is 6.07 Å². The monoisotopic (exact) mass is 212 g/mol. The van der Waals surface area contributed by atoms with Crippen LogP contribution >= 0.6 is 11.6 Å². The number of alkyl halides is 3. The Hall–Kier alpha value is -0.740. The smallest absolute Gasteiger partial charge is 0.392 e. The second-order valence-electron chi connectivity index (χ2n) is 2.30. The molecule has 1 N–H and O–H groups in total. The molecule has 1 nitrogen and oxygen atoms in total. The molecule has 72 valence electrons. The van der Waals surface area contributed by atoms with Crippen LogP contribution in [0.2, 0.25) is 5.02 Å². The van der Waals surface area contributed by atoms with E-state index in [1.54, 1.807) is 0 Å². The van der Waals surface area contributed by atoms with Gasteiger partial charge in [0.05, 0.1) is 14.9 Å². The van der Waals surface area contributed by atoms with Crippen LogP contribution in [0.4, 0.5) is 13.2 Å². The first-order valence-electron chi connectivity index (χ1n) is 4.22. The van der Waals surface area contributed by atoms with Crippen molar-refractivity contribution in [3.05, 3.63) is 34.3 Å². The zero-order valence-corrected chi connectivity index (χ0v) is 6.95. The van der Waals surface area contributed by atoms with Crippen LogP contribution in [0.3, 0.4) is 0 Å². The summed E-state index contributed by atoms with van der Waals surface area (Å²) in [4.78, 5) is 0. The van der Waals surface area contributed by atoms with Crippen LogP contribution in [0.25, 0.3) is 0 Å². The van der Waals surface area contributed by atoms with E-state index in [2.05, 4.69) is 0 Å². The molecule has 13 heavy (non-hydrogen) atoms. The predicted octanol–water partition coefficient (Wildman–Crippen LogP) is 2.85. The van der Waals surface area contributed by atoms with Crippen molar-refractivity contribution in [1.29, 1.82) is 0 Å². The van der Waals surface area contributed by atoms with Crippen LogP contribution in [0.1, 0.15) is 13.9 Å². The first-order valence-corrected chi connectivity index (χ1v) is 3.60. The molecule has 1 rings (SSSR count). The molecule has 0 aliphatic heterocycles. The number of halogens is 4. The van der Waals surface area contributed by atoms with Gasteiger partial charge in [-0.2, -0.15) is 13.2 Å². The maximum absolute atomic E-state index is 12.2. The number of hydrogen-bond acceptors (Lipinski definition) is 1. The maximum Gasteiger partial charge on any atom is 0.416 e. The van der Waals surface area contributed by atoms with Crippen molar-refractivity contribution < 1.29 is 21.0 Å². The molecule has 1 aromatic carbocycles. The van der Waals surface area contributed by atoms with Crippen LogP contribution in [0.15, 0.2) is 18.2 Å². The van der Waals surface area contributed by atoms with Gasteiger partial charge in [-0.15, -0.1) is 0 Å². The van der Waals surface area contributed by atoms with Gasteiger partial charge in [-0.25, -0.2) is 0 Å². The van der Waals surface area contributed by atoms with Gasteiger partial charge in [-0.05, 0) is 23.8 Å². The molecule has 0 aromatic heterocycles. The zero-order valence-electron chi connectivity index (χ0n) is 8.19. The van der Waals surface area contributed by atoms with Gasteiger partial charge in [-0.1, -0.05) is 11.6 Å². The molecule has 0 saturated heterocycles. The van der Waals surface area contributed by atoms with Crippen LogP contribution in [-0.4, -0.2) is 5.11 Å². The van der Waals surface area contributed by atoms with E-state index in [-0.39, 0.29) is 5.02 Å². The molecule has 0 spiro atoms. The van der Waals surface area contributed by atoms with E-state index >= 15 is 0 Å². The summed E-state index contributed by atoms with van der Waals surface area (Å²) in [7, 11) is 0. The highest BCUT2D eigenvalue weighted by atomic mass is 35.5. The maximum atomic E-state index is 12.2. The van der Waals surface area contributed by atoms with Crippen LogP contribution in [0, 0.1) is 0 Å². The number of hydrogen-bond donors (Lipinski definition) is 1. The van der Waals surface area contributed by atoms with Crippen molar-refractivity contribution in [2.45, 2.75) is 12.7 Å². The van der Waals surface area contributed by atoms with Gasteiger partial charge in [-0.3, -0.25) is 0 Å². The molecule has 0 atom stereocenters. The molecule has 0 fully saturated rings. The molecular weight excluding hydrogens is 205 g/mol. The van der Waals surface area contributed by atoms with Crippen LogP contribution < -0.4 is 0 Å². The van der Waals surface area contributed by atoms with Crippen LogP contribution in [-0.2, 0) is 12.7 Å². The number of aliphatic hydroxyl groups is 1. The molecule has 0 aliphatic rings. The fraction of sp³-hybridized carbons (Fsp3) is 0.250. The van der Waals surface area contributed by atoms with Gasteiger partial charge in [0, 0.05) is 5.02 Å². The van der Waals surface area contributed by atoms with Crippen molar-refractivity contribution in [2.75, 3.05) is 0 Å². The van der Waals surface area contributed by atoms with E-state index in [9.17, 15) is 13.2 Å². The van der Waals surface area contributed by atoms with Gasteiger partial charge in [0.15, 0.2) is 0 Å². The molecule has 0 bridgehead atoms. The molecule has 0 unspecified atom stereocenters. The van der Waals surface area contributed by atoms with Crippen LogP contribution in [0.5, 0.6) is 0 Å². The van der Waals surface area contributed by atoms with Gasteiger partial charge in [0.2, 0.25) is 0 Å². The average Bonchev–Trinajstić information content (AvgIpc) is 2.00. The second kappa shape index (κ2) is 3.55. The quantitative estimate of drug-likeness (QED) is 0.759. The molecule has 5 heteroatoms. The topological polar surface area (TPSA) is 20.2 Å². The molecule has 0 saturated carbocycles. The molecule has 0 radical (unpaired) electrons. The molecule has 0 heterocycles. The van der Waals surface area contributed by atoms with Gasteiger partial charge < -0.3 is 5.11 Å². The first-order chi connectivity index (χ1) is 6.62. The van der Waals surface area contributed by atoms with Crippen molar-refractivity contribution in [2.24, 2.45) is 0 Å². The Balaban J connectivity index is 3.30. The Morgan fingerprint density at radius 2 is 2.08 bits per heavy atom. The fourth-order valence-corrected chi connectivity index (χ4v) is 0.947. The Bertz CT molecular complexity index is 373. The summed E-state index contributed by atoms with van der Waals surface area (Å²) >= 11 is 5.46. The standard InChI is InChI=1S/C8H6ClF3O/c9-7-2-1-6(8(10,11)12)3-5(7)4-13/h1-3,13H,4H2/i4D2. The molecule has 1 aromatic rings. The normalized spacial score (nSPS) is 15.2. The van der Waals surface area contributed by atoms with Crippen molar-refractivity contribution in [3.63, 3.8) is 0 Å². The van der Waals surface area contributed by atoms with E-state index in [0.717, 1.165) is 12.1 Å². The highest BCUT2D eigenvalue weighted by Gasteiger charge is 2.30. The van der Waals surface area contributed by atoms with Crippen molar-refractivity contribution in [3.8, 4) is 0 Å². The minimum atomic E-state index is -4.59. The summed E-state index contributed by atoms with van der Waals surface area (Å²) in [5, 5.41) is 8.69. The largest absolute Gasteiger partial charge is 0.416 e. The highest BCUT2D eigenvalue weighted by molar-refractivity contribution is 6.31. The minimum Gasteiger partial charge on any atom is -0.392 e. The lowest BCUT2D eigenvalue weighted by Gasteiger charge is -2.08. The lowest BCUT2D eigenvalue weighted by atomic mass is 10.1. The lowest BCUT2D eigenvalue weighted by Crippen LogP contribution is -2.05. The number of rotatable bonds is 1. The van der Waals surface area contributed by atoms with Crippen molar-refractivity contribution >= 4 is 11.6 Å². The lowest BCUT2D eigenvalue weighted by molar-refractivity contribution is -0.137. The zero-order chi connectivity index (χ0) is 11.9. The van der Waals surface area contributed by atoms with E-state index in [1.165, 1.54) is 0 Å². The third-order valence-electron chi connectivity index (χ3n) is 1.41. The second-order valence-corrected chi connectivity index (χ2v) is 2.71. The first kappa shape index (κ1) is 7.64. The summed E-state index contributed by atoms with van der Waals surface area (Å²) in [6.45, 7) is -2.89. The molecule has 0 amide bonds. The summed E-state index contributed by atoms with van der Waals surface area (Å²) in [6.07, 6.45) is -4.59. The Morgan fingerprint density at radius 3 is 2.54 bits per heavy atom. The average molecular weight is 213 g/mol. The summed E-state index contributed by atoms with van der Waals surface area (Å²) in [6, 6.07) is 2.10. The summed E-state index contributed by atoms with van der Waals surface area (Å²) in [5.41, 5.74) is -1.65. The third kappa shape index (κ3) is 2.35. The van der Waals surface area contributed by atoms with Gasteiger partial charge >= 0.3 is 6.18 Å². The Kier molecular flexibility index (Phi) is 2.09. The summed E-state index contributed by atoms with van der Waals surface area (Å²) < 4.78 is 50.5. The van der Waals surface area contributed by atoms with Crippen molar-refractivity contribution in [1.82, 2.24) is 0 Å². The highest BCUT2D eigenvalue weighted by Crippen LogP contribution is 2.31. The SMILES string of the molecule is [2H]C([2H])(O)c1cc(C(F)(F)F)ccc1Cl. The fourth-order valence-electron chi connectivity index (χ4n) is 0.787. The van der Waals surface area contributed by atoms with Gasteiger partial charge in [0.1, 0.15) is 0 Å². The van der Waals surface area contributed by atoms with E-state index in [4.69, 9.17) is 19.4 Å². The van der Waals surface area contributed by atoms with Gasteiger partial charge in [0.25, 0.3) is 0 Å². The Labute approximate surface area is 80.6 Å². The minimum absolute atomic E-state index is 0.254. The number of benzene rings is 1. The van der Waals surface area contributed by atoms with E-state index < -0.39 is 23.9 Å². The molecular formula is C8H6ClF3O. The summed E-state index contributed by atoms with van der Waals surface area (Å²) in [5.74, 6) is 0. The van der Waals surface area contributed by atoms with E-state index in [1.807, 2.05) is 0 Å². The predicted molar refractivity (Wildman–Crippen MR) is 42.4 cm³/mol.